The molecule has 0 aliphatic rings. The molecule has 2 heterocycles. The summed E-state index contributed by atoms with van der Waals surface area (Å²) in [6, 6.07) is 1.82. The summed E-state index contributed by atoms with van der Waals surface area (Å²) in [4.78, 5) is 0. The Kier molecular flexibility index (Phi) is 7.40. The van der Waals surface area contributed by atoms with E-state index in [2.05, 4.69) is 15.5 Å². The van der Waals surface area contributed by atoms with Crippen LogP contribution in [0, 0.1) is 6.92 Å². The van der Waals surface area contributed by atoms with Crippen LogP contribution in [0.25, 0.3) is 0 Å². The lowest BCUT2D eigenvalue weighted by Gasteiger charge is -2.05. The van der Waals surface area contributed by atoms with Crippen LogP contribution in [0.3, 0.4) is 0 Å². The highest BCUT2D eigenvalue weighted by molar-refractivity contribution is 5.85. The molecule has 0 radical (unpaired) electrons. The van der Waals surface area contributed by atoms with Gasteiger partial charge in [-0.05, 0) is 13.0 Å². The van der Waals surface area contributed by atoms with Gasteiger partial charge in [0.15, 0.2) is 0 Å². The van der Waals surface area contributed by atoms with Crippen LogP contribution >= 0.6 is 12.4 Å². The van der Waals surface area contributed by atoms with Gasteiger partial charge in [0.1, 0.15) is 13.2 Å². The maximum atomic E-state index is 12.3. The lowest BCUT2D eigenvalue weighted by Crippen LogP contribution is -2.15. The Hall–Kier alpha value is -1.54. The SMILES string of the molecule is Cc1c(CNCc2ccn(CCF)n2)cnn1CC(F)F.Cl. The summed E-state index contributed by atoms with van der Waals surface area (Å²) in [7, 11) is 0. The summed E-state index contributed by atoms with van der Waals surface area (Å²) in [5.41, 5.74) is 2.41. The van der Waals surface area contributed by atoms with Gasteiger partial charge < -0.3 is 5.32 Å². The van der Waals surface area contributed by atoms with Gasteiger partial charge in [0.25, 0.3) is 6.43 Å². The number of hydrogen-bond donors (Lipinski definition) is 1. The van der Waals surface area contributed by atoms with E-state index in [0.29, 0.717) is 13.1 Å². The normalized spacial score (nSPS) is 11.0. The molecule has 0 atom stereocenters. The molecule has 0 fully saturated rings. The Labute approximate surface area is 132 Å². The quantitative estimate of drug-likeness (QED) is 0.804. The zero-order valence-corrected chi connectivity index (χ0v) is 13.0. The summed E-state index contributed by atoms with van der Waals surface area (Å²) < 4.78 is 39.7. The first-order chi connectivity index (χ1) is 10.1. The number of nitrogens with zero attached hydrogens (tertiary/aromatic N) is 4. The van der Waals surface area contributed by atoms with E-state index in [4.69, 9.17) is 0 Å². The average molecular weight is 338 g/mol. The first-order valence-electron chi connectivity index (χ1n) is 6.68. The van der Waals surface area contributed by atoms with Crippen molar-refractivity contribution in [3.8, 4) is 0 Å². The number of aryl methyl sites for hydroxylation is 1. The third kappa shape index (κ3) is 5.03. The molecule has 0 aliphatic carbocycles. The van der Waals surface area contributed by atoms with Crippen LogP contribution in [0.2, 0.25) is 0 Å². The minimum absolute atomic E-state index is 0. The Bertz CT molecular complexity index is 570. The first-order valence-corrected chi connectivity index (χ1v) is 6.68. The van der Waals surface area contributed by atoms with E-state index in [1.54, 1.807) is 24.0 Å². The van der Waals surface area contributed by atoms with Gasteiger partial charge in [-0.2, -0.15) is 10.2 Å². The number of nitrogens with one attached hydrogen (secondary N) is 1. The third-order valence-electron chi connectivity index (χ3n) is 3.15. The van der Waals surface area contributed by atoms with Crippen molar-refractivity contribution in [1.29, 1.82) is 0 Å². The number of rotatable bonds is 8. The molecule has 124 valence electrons. The number of alkyl halides is 3. The molecule has 0 spiro atoms. The molecule has 5 nitrogen and oxygen atoms in total. The van der Waals surface area contributed by atoms with Crippen molar-refractivity contribution in [3.63, 3.8) is 0 Å². The summed E-state index contributed by atoms with van der Waals surface area (Å²) in [6.45, 7) is 2.22. The van der Waals surface area contributed by atoms with Gasteiger partial charge >= 0.3 is 0 Å². The second kappa shape index (κ2) is 8.79. The van der Waals surface area contributed by atoms with E-state index in [1.165, 1.54) is 4.68 Å². The van der Waals surface area contributed by atoms with Gasteiger partial charge in [-0.25, -0.2) is 13.2 Å². The molecule has 2 aromatic rings. The van der Waals surface area contributed by atoms with Crippen molar-refractivity contribution < 1.29 is 13.2 Å². The van der Waals surface area contributed by atoms with Crippen LogP contribution in [-0.2, 0) is 26.2 Å². The van der Waals surface area contributed by atoms with Crippen LogP contribution in [-0.4, -0.2) is 32.7 Å². The summed E-state index contributed by atoms with van der Waals surface area (Å²) in [6.07, 6.45) is 0.901. The molecular weight excluding hydrogens is 319 g/mol. The molecule has 0 saturated carbocycles. The van der Waals surface area contributed by atoms with Crippen LogP contribution in [0.4, 0.5) is 13.2 Å². The maximum Gasteiger partial charge on any atom is 0.257 e. The van der Waals surface area contributed by atoms with E-state index in [0.717, 1.165) is 17.0 Å². The van der Waals surface area contributed by atoms with Crippen LogP contribution in [0.5, 0.6) is 0 Å². The third-order valence-corrected chi connectivity index (χ3v) is 3.15. The zero-order chi connectivity index (χ0) is 15.2. The minimum Gasteiger partial charge on any atom is -0.307 e. The molecule has 22 heavy (non-hydrogen) atoms. The summed E-state index contributed by atoms with van der Waals surface area (Å²) in [5.74, 6) is 0. The topological polar surface area (TPSA) is 47.7 Å². The zero-order valence-electron chi connectivity index (χ0n) is 12.2. The Balaban J connectivity index is 0.00000242. The van der Waals surface area contributed by atoms with Crippen molar-refractivity contribution in [2.45, 2.75) is 39.5 Å². The first kappa shape index (κ1) is 18.5. The largest absolute Gasteiger partial charge is 0.307 e. The highest BCUT2D eigenvalue weighted by Gasteiger charge is 2.10. The Morgan fingerprint density at radius 3 is 2.77 bits per heavy atom. The van der Waals surface area contributed by atoms with Gasteiger partial charge in [0, 0.05) is 30.5 Å². The fourth-order valence-corrected chi connectivity index (χ4v) is 2.01. The van der Waals surface area contributed by atoms with Crippen molar-refractivity contribution in [2.24, 2.45) is 0 Å². The van der Waals surface area contributed by atoms with Crippen LogP contribution < -0.4 is 5.32 Å². The molecule has 2 rings (SSSR count). The van der Waals surface area contributed by atoms with Gasteiger partial charge in [-0.1, -0.05) is 0 Å². The average Bonchev–Trinajstić information content (AvgIpc) is 3.00. The highest BCUT2D eigenvalue weighted by Crippen LogP contribution is 2.09. The van der Waals surface area contributed by atoms with Gasteiger partial charge in [0.2, 0.25) is 0 Å². The predicted molar refractivity (Wildman–Crippen MR) is 79.0 cm³/mol. The summed E-state index contributed by atoms with van der Waals surface area (Å²) in [5, 5.41) is 11.3. The van der Waals surface area contributed by atoms with Crippen molar-refractivity contribution in [3.05, 3.63) is 35.4 Å². The molecule has 0 aromatic carbocycles. The summed E-state index contributed by atoms with van der Waals surface area (Å²) >= 11 is 0. The fourth-order valence-electron chi connectivity index (χ4n) is 2.01. The predicted octanol–water partition coefficient (Wildman–Crippen LogP) is 2.33. The molecule has 9 heteroatoms. The molecule has 1 N–H and O–H groups in total. The van der Waals surface area contributed by atoms with E-state index >= 15 is 0 Å². The van der Waals surface area contributed by atoms with Crippen molar-refractivity contribution in [2.75, 3.05) is 6.67 Å². The minimum atomic E-state index is -2.41. The van der Waals surface area contributed by atoms with Crippen molar-refractivity contribution >= 4 is 12.4 Å². The Morgan fingerprint density at radius 1 is 1.32 bits per heavy atom. The maximum absolute atomic E-state index is 12.3. The molecule has 0 unspecified atom stereocenters. The van der Waals surface area contributed by atoms with Gasteiger partial charge in [0.05, 0.1) is 18.4 Å². The molecular formula is C13H19ClF3N5. The fraction of sp³-hybridized carbons (Fsp3) is 0.538. The standard InChI is InChI=1S/C13H18F3N5.ClH/c1-10-11(7-18-21(10)9-13(15)16)6-17-8-12-2-4-20(19-12)5-3-14;/h2,4,7,13,17H,3,5-6,8-9H2,1H3;1H. The van der Waals surface area contributed by atoms with E-state index < -0.39 is 13.1 Å². The van der Waals surface area contributed by atoms with Crippen molar-refractivity contribution in [1.82, 2.24) is 24.9 Å². The number of halogens is 4. The highest BCUT2D eigenvalue weighted by atomic mass is 35.5. The lowest BCUT2D eigenvalue weighted by atomic mass is 10.2. The molecule has 0 aliphatic heterocycles. The number of aromatic nitrogens is 4. The van der Waals surface area contributed by atoms with Crippen LogP contribution in [0.1, 0.15) is 17.0 Å². The smallest absolute Gasteiger partial charge is 0.257 e. The number of hydrogen-bond acceptors (Lipinski definition) is 3. The molecule has 0 amide bonds. The molecule has 0 bridgehead atoms. The lowest BCUT2D eigenvalue weighted by molar-refractivity contribution is 0.121. The van der Waals surface area contributed by atoms with E-state index in [1.807, 2.05) is 6.07 Å². The molecule has 2 aromatic heterocycles. The van der Waals surface area contributed by atoms with Gasteiger partial charge in [-0.3, -0.25) is 9.36 Å². The second-order valence-corrected chi connectivity index (χ2v) is 4.69. The second-order valence-electron chi connectivity index (χ2n) is 4.69. The van der Waals surface area contributed by atoms with Gasteiger partial charge in [-0.15, -0.1) is 12.4 Å². The molecule has 0 saturated heterocycles. The monoisotopic (exact) mass is 337 g/mol. The Morgan fingerprint density at radius 2 is 2.09 bits per heavy atom. The van der Waals surface area contributed by atoms with Crippen LogP contribution in [0.15, 0.2) is 18.5 Å². The van der Waals surface area contributed by atoms with E-state index in [9.17, 15) is 13.2 Å². The van der Waals surface area contributed by atoms with E-state index in [-0.39, 0.29) is 25.5 Å².